The van der Waals surface area contributed by atoms with Crippen LogP contribution in [-0.4, -0.2) is 51.7 Å². The number of benzene rings is 2. The minimum absolute atomic E-state index is 0.0242. The van der Waals surface area contributed by atoms with E-state index in [0.717, 1.165) is 24.9 Å². The Bertz CT molecular complexity index is 1620. The van der Waals surface area contributed by atoms with Crippen LogP contribution in [0.4, 0.5) is 13.2 Å². The van der Waals surface area contributed by atoms with Crippen LogP contribution in [-0.2, 0) is 11.3 Å². The van der Waals surface area contributed by atoms with Crippen molar-refractivity contribution in [1.29, 1.82) is 5.41 Å². The maximum atomic E-state index is 13.2. The molecule has 2 atom stereocenters. The first-order valence-electron chi connectivity index (χ1n) is 14.2. The van der Waals surface area contributed by atoms with Gasteiger partial charge in [-0.2, -0.15) is 18.2 Å². The Hall–Kier alpha value is -3.85. The molecular weight excluding hydrogens is 593 g/mol. The van der Waals surface area contributed by atoms with Gasteiger partial charge in [0.15, 0.2) is 5.96 Å². The second kappa shape index (κ2) is 14.8. The summed E-state index contributed by atoms with van der Waals surface area (Å²) in [6, 6.07) is 13.9. The summed E-state index contributed by atoms with van der Waals surface area (Å²) >= 11 is -0.196. The summed E-state index contributed by atoms with van der Waals surface area (Å²) in [6.45, 7) is 5.71. The average Bonchev–Trinajstić information content (AvgIpc) is 3.38. The molecular formula is C30H37F3N8O2S. The van der Waals surface area contributed by atoms with Crippen molar-refractivity contribution in [2.75, 3.05) is 19.7 Å². The van der Waals surface area contributed by atoms with E-state index in [-0.39, 0.29) is 41.3 Å². The Morgan fingerprint density at radius 2 is 1.93 bits per heavy atom. The van der Waals surface area contributed by atoms with Crippen LogP contribution >= 0.6 is 11.8 Å². The lowest BCUT2D eigenvalue weighted by molar-refractivity contribution is -0.0328. The van der Waals surface area contributed by atoms with Crippen molar-refractivity contribution < 1.29 is 17.9 Å². The van der Waals surface area contributed by atoms with Crippen molar-refractivity contribution >= 4 is 28.8 Å². The van der Waals surface area contributed by atoms with Crippen LogP contribution in [0.3, 0.4) is 0 Å². The average molecular weight is 631 g/mol. The number of nitrogens with one attached hydrogen (secondary N) is 4. The molecule has 0 spiro atoms. The first-order chi connectivity index (χ1) is 20.9. The van der Waals surface area contributed by atoms with Crippen LogP contribution in [0.5, 0.6) is 0 Å². The zero-order valence-electron chi connectivity index (χ0n) is 24.5. The molecule has 0 aliphatic heterocycles. The topological polar surface area (TPSA) is 160 Å². The van der Waals surface area contributed by atoms with Crippen LogP contribution < -0.4 is 27.8 Å². The van der Waals surface area contributed by atoms with Gasteiger partial charge in [0, 0.05) is 40.8 Å². The number of aromatic amines is 1. The summed E-state index contributed by atoms with van der Waals surface area (Å²) in [5.74, 6) is -0.0509. The molecule has 0 saturated heterocycles. The third kappa shape index (κ3) is 9.32. The van der Waals surface area contributed by atoms with Gasteiger partial charge in [0.2, 0.25) is 0 Å². The summed E-state index contributed by atoms with van der Waals surface area (Å²) in [7, 11) is 0. The minimum atomic E-state index is -4.45. The van der Waals surface area contributed by atoms with Gasteiger partial charge in [-0.25, -0.2) is 4.79 Å². The SMILES string of the molecule is CC[C@H](N)COCc1cc(SC(F)(F)F)cc(-c2cc3cn(-c4ccc([C@H](C)NCCCNC(=N)N)cc4)c(=O)nc3[nH]2)c1. The Kier molecular flexibility index (Phi) is 11.1. The molecule has 2 aromatic carbocycles. The molecule has 8 N–H and O–H groups in total. The molecule has 0 aliphatic rings. The lowest BCUT2D eigenvalue weighted by Gasteiger charge is -2.15. The molecule has 0 bridgehead atoms. The van der Waals surface area contributed by atoms with E-state index < -0.39 is 11.2 Å². The number of nitrogens with zero attached hydrogens (tertiary/aromatic N) is 2. The molecule has 0 amide bonds. The molecule has 0 unspecified atom stereocenters. The van der Waals surface area contributed by atoms with Gasteiger partial charge in [-0.3, -0.25) is 9.98 Å². The van der Waals surface area contributed by atoms with Gasteiger partial charge < -0.3 is 31.8 Å². The molecule has 0 fully saturated rings. The highest BCUT2D eigenvalue weighted by atomic mass is 32.2. The molecule has 0 radical (unpaired) electrons. The van der Waals surface area contributed by atoms with Crippen LogP contribution in [0.15, 0.2) is 64.4 Å². The zero-order chi connectivity index (χ0) is 31.9. The maximum absolute atomic E-state index is 13.2. The number of hydrogen-bond acceptors (Lipinski definition) is 7. The summed E-state index contributed by atoms with van der Waals surface area (Å²) in [5, 5.41) is 14.0. The maximum Gasteiger partial charge on any atom is 0.446 e. The summed E-state index contributed by atoms with van der Waals surface area (Å²) < 4.78 is 46.8. The zero-order valence-corrected chi connectivity index (χ0v) is 25.3. The van der Waals surface area contributed by atoms with Gasteiger partial charge in [-0.15, -0.1) is 0 Å². The summed E-state index contributed by atoms with van der Waals surface area (Å²) in [4.78, 5) is 20.2. The van der Waals surface area contributed by atoms with E-state index in [9.17, 15) is 18.0 Å². The molecule has 2 aromatic heterocycles. The van der Waals surface area contributed by atoms with Gasteiger partial charge in [0.05, 0.1) is 18.9 Å². The van der Waals surface area contributed by atoms with Crippen molar-refractivity contribution in [3.63, 3.8) is 0 Å². The predicted molar refractivity (Wildman–Crippen MR) is 168 cm³/mol. The highest BCUT2D eigenvalue weighted by Gasteiger charge is 2.29. The Balaban J connectivity index is 1.55. The number of fused-ring (bicyclic) bond motifs is 1. The van der Waals surface area contributed by atoms with Crippen LogP contribution in [0.2, 0.25) is 0 Å². The minimum Gasteiger partial charge on any atom is -0.375 e. The quantitative estimate of drug-likeness (QED) is 0.0503. The molecule has 4 rings (SSSR count). The van der Waals surface area contributed by atoms with Crippen molar-refractivity contribution in [3.8, 4) is 16.9 Å². The van der Waals surface area contributed by atoms with E-state index in [4.69, 9.17) is 21.6 Å². The molecule has 2 heterocycles. The lowest BCUT2D eigenvalue weighted by atomic mass is 10.1. The van der Waals surface area contributed by atoms with Crippen molar-refractivity contribution in [1.82, 2.24) is 25.2 Å². The van der Waals surface area contributed by atoms with Gasteiger partial charge in [-0.1, -0.05) is 19.1 Å². The van der Waals surface area contributed by atoms with Crippen molar-refractivity contribution in [3.05, 3.63) is 76.3 Å². The van der Waals surface area contributed by atoms with Gasteiger partial charge in [0.25, 0.3) is 0 Å². The standard InChI is InChI=1S/C30H37F3N8O2S/c1-3-23(34)17-43-16-19-11-21(13-25(12-19)44-30(31,32)33)26-14-22-15-41(29(42)40-27(22)39-26)24-7-5-20(6-8-24)18(2)37-9-4-10-38-28(35)36/h5-8,11-15,18,23,37H,3-4,9-10,16-17,34H2,1-2H3,(H4,35,36,38)(H,39,40,42)/t18-,23-/m0/s1. The second-order valence-electron chi connectivity index (χ2n) is 10.4. The number of aromatic nitrogens is 3. The van der Waals surface area contributed by atoms with Crippen molar-refractivity contribution in [2.24, 2.45) is 11.5 Å². The Morgan fingerprint density at radius 3 is 2.61 bits per heavy atom. The third-order valence-electron chi connectivity index (χ3n) is 6.93. The number of ether oxygens (including phenoxy) is 1. The molecule has 0 saturated carbocycles. The third-order valence-corrected chi connectivity index (χ3v) is 7.64. The first-order valence-corrected chi connectivity index (χ1v) is 15.0. The molecule has 10 nitrogen and oxygen atoms in total. The normalized spacial score (nSPS) is 13.2. The molecule has 236 valence electrons. The smallest absolute Gasteiger partial charge is 0.375 e. The fourth-order valence-corrected chi connectivity index (χ4v) is 5.21. The number of rotatable bonds is 14. The molecule has 0 aliphatic carbocycles. The fraction of sp³-hybridized carbons (Fsp3) is 0.367. The second-order valence-corrected chi connectivity index (χ2v) is 11.6. The van der Waals surface area contributed by atoms with E-state index in [0.29, 0.717) is 46.7 Å². The number of thioether (sulfide) groups is 1. The van der Waals surface area contributed by atoms with E-state index in [1.54, 1.807) is 18.3 Å². The largest absolute Gasteiger partial charge is 0.446 e. The molecule has 4 aromatic rings. The predicted octanol–water partition coefficient (Wildman–Crippen LogP) is 4.77. The number of halogens is 3. The lowest BCUT2D eigenvalue weighted by Crippen LogP contribution is -2.32. The monoisotopic (exact) mass is 630 g/mol. The van der Waals surface area contributed by atoms with Gasteiger partial charge in [0.1, 0.15) is 5.65 Å². The van der Waals surface area contributed by atoms with Gasteiger partial charge >= 0.3 is 11.2 Å². The summed E-state index contributed by atoms with van der Waals surface area (Å²) in [6.07, 6.45) is 3.19. The van der Waals surface area contributed by atoms with Crippen molar-refractivity contribution in [2.45, 2.75) is 55.8 Å². The summed E-state index contributed by atoms with van der Waals surface area (Å²) in [5.41, 5.74) is 9.84. The van der Waals surface area contributed by atoms with E-state index in [1.807, 2.05) is 38.1 Å². The van der Waals surface area contributed by atoms with Crippen LogP contribution in [0.25, 0.3) is 28.0 Å². The molecule has 14 heteroatoms. The number of guanidine groups is 1. The number of alkyl halides is 3. The van der Waals surface area contributed by atoms with Crippen LogP contribution in [0.1, 0.15) is 43.9 Å². The first kappa shape index (κ1) is 33.1. The highest BCUT2D eigenvalue weighted by Crippen LogP contribution is 2.39. The van der Waals surface area contributed by atoms with E-state index in [1.165, 1.54) is 16.7 Å². The van der Waals surface area contributed by atoms with E-state index >= 15 is 0 Å². The van der Waals surface area contributed by atoms with Crippen LogP contribution in [0, 0.1) is 5.41 Å². The van der Waals surface area contributed by atoms with E-state index in [2.05, 4.69) is 20.6 Å². The molecule has 44 heavy (non-hydrogen) atoms. The fourth-order valence-electron chi connectivity index (χ4n) is 4.54. The Morgan fingerprint density at radius 1 is 1.18 bits per heavy atom. The number of H-pyrrole nitrogens is 1. The number of hydrogen-bond donors (Lipinski definition) is 6. The van der Waals surface area contributed by atoms with Gasteiger partial charge in [-0.05, 0) is 91.2 Å². The number of nitrogens with two attached hydrogens (primary N) is 2. The Labute approximate surface area is 257 Å². The highest BCUT2D eigenvalue weighted by molar-refractivity contribution is 8.00.